The fraction of sp³-hybridized carbons (Fsp3) is 0.222. The van der Waals surface area contributed by atoms with Crippen LogP contribution < -0.4 is 14.8 Å². The van der Waals surface area contributed by atoms with Crippen LogP contribution in [0.2, 0.25) is 5.15 Å². The molecule has 0 bridgehead atoms. The number of nitrogens with zero attached hydrogens (tertiary/aromatic N) is 1. The third kappa shape index (κ3) is 4.86. The number of anilines is 1. The molecule has 0 saturated carbocycles. The lowest BCUT2D eigenvalue weighted by Gasteiger charge is -2.18. The zero-order valence-electron chi connectivity index (χ0n) is 18.9. The zero-order chi connectivity index (χ0) is 24.6. The van der Waals surface area contributed by atoms with Gasteiger partial charge >= 0.3 is 6.18 Å². The summed E-state index contributed by atoms with van der Waals surface area (Å²) in [5.74, 6) is 0.772. The number of aryl methyl sites for hydroxylation is 1. The molecule has 0 amide bonds. The van der Waals surface area contributed by atoms with E-state index in [2.05, 4.69) is 10.3 Å². The van der Waals surface area contributed by atoms with Gasteiger partial charge in [0.05, 0.1) is 5.69 Å². The summed E-state index contributed by atoms with van der Waals surface area (Å²) >= 11 is 6.40. The Labute approximate surface area is 205 Å². The average molecular weight is 499 g/mol. The average Bonchev–Trinajstić information content (AvgIpc) is 3.33. The molecule has 35 heavy (non-hydrogen) atoms. The highest BCUT2D eigenvalue weighted by Gasteiger charge is 2.30. The highest BCUT2D eigenvalue weighted by molar-refractivity contribution is 6.32. The van der Waals surface area contributed by atoms with E-state index in [-0.39, 0.29) is 10.9 Å². The van der Waals surface area contributed by atoms with Crippen LogP contribution in [0.5, 0.6) is 11.5 Å². The van der Waals surface area contributed by atoms with E-state index < -0.39 is 12.8 Å². The maximum Gasteiger partial charge on any atom is 0.422 e. The quantitative estimate of drug-likeness (QED) is 0.282. The first kappa shape index (κ1) is 23.3. The smallest absolute Gasteiger partial charge is 0.422 e. The fourth-order valence-electron chi connectivity index (χ4n) is 4.36. The minimum atomic E-state index is -4.46. The van der Waals surface area contributed by atoms with Gasteiger partial charge in [0.1, 0.15) is 28.8 Å². The monoisotopic (exact) mass is 498 g/mol. The van der Waals surface area contributed by atoms with Crippen LogP contribution in [0.25, 0.3) is 22.0 Å². The van der Waals surface area contributed by atoms with Crippen molar-refractivity contribution in [3.05, 3.63) is 82.5 Å². The summed E-state index contributed by atoms with van der Waals surface area (Å²) < 4.78 is 49.6. The van der Waals surface area contributed by atoms with Gasteiger partial charge in [-0.3, -0.25) is 0 Å². The third-order valence-corrected chi connectivity index (χ3v) is 6.27. The van der Waals surface area contributed by atoms with E-state index >= 15 is 0 Å². The third-order valence-electron chi connectivity index (χ3n) is 5.96. The lowest BCUT2D eigenvalue weighted by atomic mass is 9.94. The maximum absolute atomic E-state index is 12.9. The molecule has 0 unspecified atom stereocenters. The van der Waals surface area contributed by atoms with Crippen LogP contribution >= 0.6 is 11.6 Å². The molecule has 1 N–H and O–H groups in total. The van der Waals surface area contributed by atoms with Crippen molar-refractivity contribution in [2.45, 2.75) is 26.1 Å². The minimum absolute atomic E-state index is 0.0416. The molecule has 0 fully saturated rings. The number of aromatic nitrogens is 1. The summed E-state index contributed by atoms with van der Waals surface area (Å²) in [5, 5.41) is 4.30. The molecule has 8 heteroatoms. The number of pyridine rings is 1. The minimum Gasteiger partial charge on any atom is -0.489 e. The lowest BCUT2D eigenvalue weighted by Crippen LogP contribution is -2.19. The molecule has 2 heterocycles. The second-order valence-corrected chi connectivity index (χ2v) is 8.78. The second kappa shape index (κ2) is 9.30. The number of rotatable bonds is 6. The number of hydrogen-bond acceptors (Lipinski definition) is 4. The van der Waals surface area contributed by atoms with E-state index in [1.165, 1.54) is 6.07 Å². The number of nitrogens with one attached hydrogen (secondary N) is 1. The van der Waals surface area contributed by atoms with Gasteiger partial charge in [-0.15, -0.1) is 0 Å². The molecular weight excluding hydrogens is 477 g/mol. The molecule has 0 atom stereocenters. The van der Waals surface area contributed by atoms with Crippen molar-refractivity contribution in [2.75, 3.05) is 18.5 Å². The topological polar surface area (TPSA) is 43.4 Å². The van der Waals surface area contributed by atoms with Gasteiger partial charge < -0.3 is 14.8 Å². The van der Waals surface area contributed by atoms with Crippen molar-refractivity contribution in [3.63, 3.8) is 0 Å². The van der Waals surface area contributed by atoms with E-state index in [0.717, 1.165) is 39.3 Å². The number of fused-ring (bicyclic) bond motifs is 3. The Kier molecular flexibility index (Phi) is 6.19. The first-order valence-corrected chi connectivity index (χ1v) is 11.5. The molecule has 4 aromatic rings. The molecule has 1 aliphatic rings. The summed E-state index contributed by atoms with van der Waals surface area (Å²) in [6, 6.07) is 19.0. The Morgan fingerprint density at radius 3 is 2.51 bits per heavy atom. The van der Waals surface area contributed by atoms with Crippen LogP contribution in [0.1, 0.15) is 16.7 Å². The zero-order valence-corrected chi connectivity index (χ0v) is 19.6. The first-order chi connectivity index (χ1) is 16.8. The van der Waals surface area contributed by atoms with Crippen LogP contribution in [0.15, 0.2) is 60.7 Å². The molecule has 0 saturated heterocycles. The normalized spacial score (nSPS) is 12.9. The standard InChI is InChI=1S/C27H22ClF3N2O2/c1-16-13-18(34-14-17-5-3-2-4-6-17)7-8-19(16)20-9-10-22(35-15-27(29,30)31)25-23(20)24-21(11-12-32-24)26(28)33-25/h2-10,13,32H,11-12,14-15H2,1H3. The molecule has 0 spiro atoms. The van der Waals surface area contributed by atoms with Crippen LogP contribution in [-0.2, 0) is 13.0 Å². The van der Waals surface area contributed by atoms with E-state index in [1.54, 1.807) is 6.07 Å². The molecule has 1 aromatic heterocycles. The van der Waals surface area contributed by atoms with Gasteiger partial charge in [-0.05, 0) is 59.9 Å². The molecular formula is C27H22ClF3N2O2. The Morgan fingerprint density at radius 1 is 1.00 bits per heavy atom. The fourth-order valence-corrected chi connectivity index (χ4v) is 4.63. The van der Waals surface area contributed by atoms with Crippen LogP contribution in [0.4, 0.5) is 18.9 Å². The summed E-state index contributed by atoms with van der Waals surface area (Å²) in [6.07, 6.45) is -3.77. The van der Waals surface area contributed by atoms with E-state index in [0.29, 0.717) is 30.5 Å². The number of ether oxygens (including phenoxy) is 2. The van der Waals surface area contributed by atoms with Crippen LogP contribution in [-0.4, -0.2) is 24.3 Å². The molecule has 0 radical (unpaired) electrons. The summed E-state index contributed by atoms with van der Waals surface area (Å²) in [5.41, 5.74) is 5.73. The lowest BCUT2D eigenvalue weighted by molar-refractivity contribution is -0.153. The Balaban J connectivity index is 1.55. The molecule has 180 valence electrons. The van der Waals surface area contributed by atoms with Gasteiger partial charge in [-0.1, -0.05) is 48.0 Å². The molecule has 0 aliphatic carbocycles. The molecule has 3 aromatic carbocycles. The highest BCUT2D eigenvalue weighted by Crippen LogP contribution is 2.44. The van der Waals surface area contributed by atoms with Gasteiger partial charge in [0.15, 0.2) is 6.61 Å². The summed E-state index contributed by atoms with van der Waals surface area (Å²) in [7, 11) is 0. The van der Waals surface area contributed by atoms with Crippen LogP contribution in [0.3, 0.4) is 0 Å². The van der Waals surface area contributed by atoms with Crippen LogP contribution in [0, 0.1) is 6.92 Å². The van der Waals surface area contributed by atoms with Crippen molar-refractivity contribution >= 4 is 28.2 Å². The van der Waals surface area contributed by atoms with Crippen molar-refractivity contribution < 1.29 is 22.6 Å². The Morgan fingerprint density at radius 2 is 1.77 bits per heavy atom. The van der Waals surface area contributed by atoms with Crippen molar-refractivity contribution in [1.82, 2.24) is 4.98 Å². The maximum atomic E-state index is 12.9. The molecule has 5 rings (SSSR count). The SMILES string of the molecule is Cc1cc(OCc2ccccc2)ccc1-c1ccc(OCC(F)(F)F)c2nc(Cl)c3c(c12)NCC3. The second-order valence-electron chi connectivity index (χ2n) is 8.42. The van der Waals surface area contributed by atoms with Gasteiger partial charge in [-0.25, -0.2) is 4.98 Å². The Bertz CT molecular complexity index is 1390. The predicted octanol–water partition coefficient (Wildman–Crippen LogP) is 7.35. The predicted molar refractivity (Wildman–Crippen MR) is 131 cm³/mol. The molecule has 1 aliphatic heterocycles. The van der Waals surface area contributed by atoms with Crippen molar-refractivity contribution in [1.29, 1.82) is 0 Å². The number of alkyl halides is 3. The van der Waals surface area contributed by atoms with Gasteiger partial charge in [0.2, 0.25) is 0 Å². The van der Waals surface area contributed by atoms with Gasteiger partial charge in [-0.2, -0.15) is 13.2 Å². The summed E-state index contributed by atoms with van der Waals surface area (Å²) in [6.45, 7) is 1.70. The summed E-state index contributed by atoms with van der Waals surface area (Å²) in [4.78, 5) is 4.45. The number of halogens is 4. The highest BCUT2D eigenvalue weighted by atomic mass is 35.5. The number of benzene rings is 3. The van der Waals surface area contributed by atoms with Crippen molar-refractivity contribution in [2.24, 2.45) is 0 Å². The van der Waals surface area contributed by atoms with Gasteiger partial charge in [0.25, 0.3) is 0 Å². The largest absolute Gasteiger partial charge is 0.489 e. The van der Waals surface area contributed by atoms with Gasteiger partial charge in [0, 0.05) is 17.5 Å². The van der Waals surface area contributed by atoms with E-state index in [9.17, 15) is 13.2 Å². The van der Waals surface area contributed by atoms with E-state index in [4.69, 9.17) is 21.1 Å². The van der Waals surface area contributed by atoms with Crippen molar-refractivity contribution in [3.8, 4) is 22.6 Å². The first-order valence-electron chi connectivity index (χ1n) is 11.2. The number of hydrogen-bond donors (Lipinski definition) is 1. The molecule has 4 nitrogen and oxygen atoms in total. The van der Waals surface area contributed by atoms with E-state index in [1.807, 2.05) is 55.5 Å². The Hall–Kier alpha value is -3.45.